The minimum atomic E-state index is -0.909. The average molecular weight is 788 g/mol. The third-order valence-corrected chi connectivity index (χ3v) is 9.98. The summed E-state index contributed by atoms with van der Waals surface area (Å²) in [5.41, 5.74) is 0. The second kappa shape index (κ2) is 47.4. The molecule has 0 spiro atoms. The molecule has 0 aliphatic heterocycles. The van der Waals surface area contributed by atoms with Crippen molar-refractivity contribution in [3.8, 4) is 0 Å². The van der Waals surface area contributed by atoms with Gasteiger partial charge in [0.15, 0.2) is 0 Å². The summed E-state index contributed by atoms with van der Waals surface area (Å²) < 4.78 is 0. The summed E-state index contributed by atoms with van der Waals surface area (Å²) in [6.07, 6.45) is 72.2. The Morgan fingerprint density at radius 2 is 0.789 bits per heavy atom. The van der Waals surface area contributed by atoms with Gasteiger partial charge in [0.1, 0.15) is 0 Å². The first-order valence-electron chi connectivity index (χ1n) is 23.6. The number of rotatable bonds is 41. The normalized spacial score (nSPS) is 14.0. The van der Waals surface area contributed by atoms with Crippen LogP contribution >= 0.6 is 0 Å². The Kier molecular flexibility index (Phi) is 45.0. The lowest BCUT2D eigenvalue weighted by Gasteiger charge is -2.19. The predicted octanol–water partition coefficient (Wildman–Crippen LogP) is 15.2. The quantitative estimate of drug-likeness (QED) is 0.0427. The summed E-state index contributed by atoms with van der Waals surface area (Å²) in [6, 6.07) is -0.694. The van der Waals surface area contributed by atoms with Crippen molar-refractivity contribution in [1.29, 1.82) is 0 Å². The SMILES string of the molecule is CC/C=C\C/C=C\C/C=C\C/C=C\C/C=C\C/C=C\CCC(=O)NC(CO)C(O)/C=C/CC/C=C/CC/C=C/CCCCCCCCCCCCCCCCCC. The Bertz CT molecular complexity index is 1120. The zero-order valence-electron chi connectivity index (χ0n) is 37.1. The number of allylic oxidation sites excluding steroid dienone is 17. The number of hydrogen-bond acceptors (Lipinski definition) is 3. The molecule has 0 aromatic heterocycles. The lowest BCUT2D eigenvalue weighted by Crippen LogP contribution is -2.45. The van der Waals surface area contributed by atoms with Gasteiger partial charge in [-0.05, 0) is 83.5 Å². The minimum Gasteiger partial charge on any atom is -0.394 e. The smallest absolute Gasteiger partial charge is 0.220 e. The fraction of sp³-hybridized carbons (Fsp3) is 0.642. The Labute approximate surface area is 353 Å². The van der Waals surface area contributed by atoms with Crippen LogP contribution in [0.1, 0.15) is 200 Å². The largest absolute Gasteiger partial charge is 0.394 e. The number of nitrogens with one attached hydrogen (secondary N) is 1. The van der Waals surface area contributed by atoms with Gasteiger partial charge in [-0.2, -0.15) is 0 Å². The van der Waals surface area contributed by atoms with Gasteiger partial charge in [0.2, 0.25) is 5.91 Å². The number of aliphatic hydroxyl groups is 2. The van der Waals surface area contributed by atoms with E-state index in [2.05, 4.69) is 110 Å². The molecule has 0 saturated heterocycles. The second-order valence-corrected chi connectivity index (χ2v) is 15.4. The molecule has 0 fully saturated rings. The van der Waals surface area contributed by atoms with E-state index in [-0.39, 0.29) is 12.5 Å². The maximum atomic E-state index is 12.4. The van der Waals surface area contributed by atoms with Gasteiger partial charge in [-0.3, -0.25) is 4.79 Å². The van der Waals surface area contributed by atoms with Crippen molar-refractivity contribution < 1.29 is 15.0 Å². The maximum absolute atomic E-state index is 12.4. The minimum absolute atomic E-state index is 0.164. The zero-order chi connectivity index (χ0) is 41.4. The van der Waals surface area contributed by atoms with Crippen molar-refractivity contribution in [1.82, 2.24) is 5.32 Å². The lowest BCUT2D eigenvalue weighted by atomic mass is 10.0. The number of hydrogen-bond donors (Lipinski definition) is 3. The molecule has 0 rings (SSSR count). The standard InChI is InChI=1S/C53H89NO3/c1-3-5-7-9-11-13-15-17-19-21-23-24-25-26-27-28-29-31-32-34-36-38-40-42-44-46-48-52(56)51(50-55)54-53(57)49-47-45-43-41-39-37-35-33-30-22-20-18-16-14-12-10-8-6-4-2/h6,8,12,14,18,20,30-33,37-40,43,45-46,48,51-52,55-56H,3-5,7,9-11,13,15-17,19,21-29,34-36,41-42,44,47,49-50H2,1-2H3,(H,54,57)/b8-6-,14-12-,20-18-,32-31+,33-30-,39-37-,40-38+,45-43-,48-46+. The van der Waals surface area contributed by atoms with Crippen molar-refractivity contribution >= 4 is 5.91 Å². The molecule has 324 valence electrons. The predicted molar refractivity (Wildman–Crippen MR) is 253 cm³/mol. The van der Waals surface area contributed by atoms with Crippen LogP contribution in [0, 0.1) is 0 Å². The van der Waals surface area contributed by atoms with E-state index < -0.39 is 12.1 Å². The van der Waals surface area contributed by atoms with Gasteiger partial charge in [0.05, 0.1) is 18.8 Å². The van der Waals surface area contributed by atoms with E-state index in [1.165, 1.54) is 109 Å². The van der Waals surface area contributed by atoms with Crippen molar-refractivity contribution in [2.75, 3.05) is 6.61 Å². The van der Waals surface area contributed by atoms with Crippen molar-refractivity contribution in [3.05, 3.63) is 109 Å². The first-order chi connectivity index (χ1) is 28.2. The molecule has 0 radical (unpaired) electrons. The van der Waals surface area contributed by atoms with E-state index in [0.29, 0.717) is 12.8 Å². The third kappa shape index (κ3) is 44.0. The summed E-state index contributed by atoms with van der Waals surface area (Å²) >= 11 is 0. The molecule has 4 nitrogen and oxygen atoms in total. The Hall–Kier alpha value is -2.95. The molecule has 0 aromatic carbocycles. The van der Waals surface area contributed by atoms with Crippen molar-refractivity contribution in [3.63, 3.8) is 0 Å². The lowest BCUT2D eigenvalue weighted by molar-refractivity contribution is -0.122. The Morgan fingerprint density at radius 1 is 0.439 bits per heavy atom. The molecule has 3 N–H and O–H groups in total. The molecule has 0 saturated carbocycles. The first-order valence-corrected chi connectivity index (χ1v) is 23.6. The van der Waals surface area contributed by atoms with Gasteiger partial charge in [-0.25, -0.2) is 0 Å². The van der Waals surface area contributed by atoms with E-state index in [9.17, 15) is 15.0 Å². The molecule has 57 heavy (non-hydrogen) atoms. The third-order valence-electron chi connectivity index (χ3n) is 9.98. The summed E-state index contributed by atoms with van der Waals surface area (Å²) in [5.74, 6) is -0.164. The van der Waals surface area contributed by atoms with Crippen molar-refractivity contribution in [2.24, 2.45) is 0 Å². The monoisotopic (exact) mass is 788 g/mol. The van der Waals surface area contributed by atoms with Crippen molar-refractivity contribution in [2.45, 2.75) is 212 Å². The number of amides is 1. The first kappa shape index (κ1) is 54.1. The molecular weight excluding hydrogens is 699 g/mol. The highest BCUT2D eigenvalue weighted by Crippen LogP contribution is 2.14. The van der Waals surface area contributed by atoms with Crippen LogP contribution in [0.25, 0.3) is 0 Å². The fourth-order valence-corrected chi connectivity index (χ4v) is 6.41. The summed E-state index contributed by atoms with van der Waals surface area (Å²) in [5, 5.41) is 22.9. The molecule has 2 atom stereocenters. The fourth-order valence-electron chi connectivity index (χ4n) is 6.41. The van der Waals surface area contributed by atoms with Gasteiger partial charge >= 0.3 is 0 Å². The molecule has 2 unspecified atom stereocenters. The van der Waals surface area contributed by atoms with Gasteiger partial charge < -0.3 is 15.5 Å². The Balaban J connectivity index is 3.75. The number of carbonyl (C=O) groups excluding carboxylic acids is 1. The van der Waals surface area contributed by atoms with Crippen LogP contribution in [-0.4, -0.2) is 34.9 Å². The van der Waals surface area contributed by atoms with E-state index >= 15 is 0 Å². The van der Waals surface area contributed by atoms with E-state index in [1.54, 1.807) is 6.08 Å². The van der Waals surface area contributed by atoms with Crippen LogP contribution in [0.15, 0.2) is 109 Å². The van der Waals surface area contributed by atoms with Crippen LogP contribution in [0.3, 0.4) is 0 Å². The molecular formula is C53H89NO3. The van der Waals surface area contributed by atoms with Gasteiger partial charge in [-0.1, -0.05) is 220 Å². The zero-order valence-corrected chi connectivity index (χ0v) is 37.1. The molecule has 0 aliphatic rings. The van der Waals surface area contributed by atoms with E-state index in [4.69, 9.17) is 0 Å². The molecule has 0 heterocycles. The topological polar surface area (TPSA) is 69.6 Å². The van der Waals surface area contributed by atoms with Crippen LogP contribution in [0.2, 0.25) is 0 Å². The van der Waals surface area contributed by atoms with Crippen LogP contribution < -0.4 is 5.32 Å². The van der Waals surface area contributed by atoms with Crippen LogP contribution in [-0.2, 0) is 4.79 Å². The highest BCUT2D eigenvalue weighted by molar-refractivity contribution is 5.76. The Morgan fingerprint density at radius 3 is 1.21 bits per heavy atom. The van der Waals surface area contributed by atoms with Crippen LogP contribution in [0.5, 0.6) is 0 Å². The van der Waals surface area contributed by atoms with Gasteiger partial charge in [0, 0.05) is 6.42 Å². The summed E-state index contributed by atoms with van der Waals surface area (Å²) in [4.78, 5) is 12.4. The van der Waals surface area contributed by atoms with Gasteiger partial charge in [-0.15, -0.1) is 0 Å². The highest BCUT2D eigenvalue weighted by atomic mass is 16.3. The summed E-state index contributed by atoms with van der Waals surface area (Å²) in [6.45, 7) is 4.14. The molecule has 0 bridgehead atoms. The molecule has 1 amide bonds. The molecule has 0 aliphatic carbocycles. The summed E-state index contributed by atoms with van der Waals surface area (Å²) in [7, 11) is 0. The average Bonchev–Trinajstić information content (AvgIpc) is 3.22. The maximum Gasteiger partial charge on any atom is 0.220 e. The number of aliphatic hydroxyl groups excluding tert-OH is 2. The van der Waals surface area contributed by atoms with E-state index in [0.717, 1.165) is 64.2 Å². The molecule has 4 heteroatoms. The van der Waals surface area contributed by atoms with Crippen LogP contribution in [0.4, 0.5) is 0 Å². The van der Waals surface area contributed by atoms with Gasteiger partial charge in [0.25, 0.3) is 0 Å². The highest BCUT2D eigenvalue weighted by Gasteiger charge is 2.17. The number of carbonyl (C=O) groups is 1. The number of unbranched alkanes of at least 4 members (excludes halogenated alkanes) is 18. The second-order valence-electron chi connectivity index (χ2n) is 15.4. The molecule has 0 aromatic rings. The van der Waals surface area contributed by atoms with E-state index in [1.807, 2.05) is 12.2 Å².